The van der Waals surface area contributed by atoms with Crippen LogP contribution in [0.4, 0.5) is 5.82 Å². The van der Waals surface area contributed by atoms with Crippen molar-refractivity contribution in [2.75, 3.05) is 31.6 Å². The lowest BCUT2D eigenvalue weighted by Gasteiger charge is -2.25. The van der Waals surface area contributed by atoms with Crippen molar-refractivity contribution in [1.29, 1.82) is 0 Å². The van der Waals surface area contributed by atoms with Gasteiger partial charge in [0, 0.05) is 38.2 Å². The molecule has 0 amide bonds. The second-order valence-electron chi connectivity index (χ2n) is 6.21. The predicted molar refractivity (Wildman–Crippen MR) is 88.1 cm³/mol. The van der Waals surface area contributed by atoms with Crippen molar-refractivity contribution in [2.45, 2.75) is 20.0 Å². The van der Waals surface area contributed by atoms with Crippen LogP contribution in [-0.4, -0.2) is 36.1 Å². The topological polar surface area (TPSA) is 60.3 Å². The molecule has 2 aromatic rings. The molecule has 6 nitrogen and oxygen atoms in total. The molecule has 0 spiro atoms. The standard InChI is InChI=1S/C17H22N4O2/c1-12-6-17-19-10-14(11-21(17)20-12)9-18-8-13-2-3-15-16(7-13)23-5-4-22-15/h2-3,6-7,14,18-19H,4-5,8-11H2,1H3. The van der Waals surface area contributed by atoms with Gasteiger partial charge in [-0.05, 0) is 24.6 Å². The molecule has 0 saturated carbocycles. The van der Waals surface area contributed by atoms with Gasteiger partial charge in [-0.1, -0.05) is 6.07 Å². The molecule has 2 aliphatic rings. The molecular weight excluding hydrogens is 292 g/mol. The van der Waals surface area contributed by atoms with Gasteiger partial charge in [-0.25, -0.2) is 4.68 Å². The molecule has 4 rings (SSSR count). The lowest BCUT2D eigenvalue weighted by Crippen LogP contribution is -2.35. The average molecular weight is 314 g/mol. The fourth-order valence-corrected chi connectivity index (χ4v) is 3.14. The summed E-state index contributed by atoms with van der Waals surface area (Å²) < 4.78 is 13.2. The van der Waals surface area contributed by atoms with Crippen molar-refractivity contribution < 1.29 is 9.47 Å². The van der Waals surface area contributed by atoms with E-state index in [1.54, 1.807) is 0 Å². The van der Waals surface area contributed by atoms with Crippen molar-refractivity contribution in [3.8, 4) is 11.5 Å². The fraction of sp³-hybridized carbons (Fsp3) is 0.471. The second kappa shape index (κ2) is 6.12. The number of benzene rings is 1. The van der Waals surface area contributed by atoms with Gasteiger partial charge in [-0.2, -0.15) is 5.10 Å². The Balaban J connectivity index is 1.30. The van der Waals surface area contributed by atoms with Crippen LogP contribution in [0, 0.1) is 12.8 Å². The number of anilines is 1. The summed E-state index contributed by atoms with van der Waals surface area (Å²) in [7, 11) is 0. The van der Waals surface area contributed by atoms with Gasteiger partial charge < -0.3 is 20.1 Å². The second-order valence-corrected chi connectivity index (χ2v) is 6.21. The molecule has 0 radical (unpaired) electrons. The van der Waals surface area contributed by atoms with Crippen LogP contribution < -0.4 is 20.1 Å². The summed E-state index contributed by atoms with van der Waals surface area (Å²) in [5.74, 6) is 3.37. The van der Waals surface area contributed by atoms with Crippen LogP contribution in [-0.2, 0) is 13.1 Å². The SMILES string of the molecule is Cc1cc2n(n1)CC(CNCc1ccc3c(c1)OCCO3)CN2. The van der Waals surface area contributed by atoms with Crippen LogP contribution in [0.1, 0.15) is 11.3 Å². The highest BCUT2D eigenvalue weighted by molar-refractivity contribution is 5.43. The maximum atomic E-state index is 5.63. The molecule has 1 aromatic carbocycles. The summed E-state index contributed by atoms with van der Waals surface area (Å²) in [6.07, 6.45) is 0. The maximum absolute atomic E-state index is 5.63. The highest BCUT2D eigenvalue weighted by atomic mass is 16.6. The van der Waals surface area contributed by atoms with Gasteiger partial charge in [-0.15, -0.1) is 0 Å². The van der Waals surface area contributed by atoms with E-state index in [-0.39, 0.29) is 0 Å². The van der Waals surface area contributed by atoms with Gasteiger partial charge in [-0.3, -0.25) is 0 Å². The third kappa shape index (κ3) is 3.12. The lowest BCUT2D eigenvalue weighted by molar-refractivity contribution is 0.171. The highest BCUT2D eigenvalue weighted by Gasteiger charge is 2.19. The van der Waals surface area contributed by atoms with Crippen molar-refractivity contribution in [2.24, 2.45) is 5.92 Å². The molecule has 1 atom stereocenters. The van der Waals surface area contributed by atoms with E-state index >= 15 is 0 Å². The van der Waals surface area contributed by atoms with Crippen LogP contribution in [0.5, 0.6) is 11.5 Å². The molecule has 23 heavy (non-hydrogen) atoms. The van der Waals surface area contributed by atoms with Gasteiger partial charge >= 0.3 is 0 Å². The Morgan fingerprint density at radius 3 is 3.04 bits per heavy atom. The zero-order valence-corrected chi connectivity index (χ0v) is 13.3. The van der Waals surface area contributed by atoms with E-state index in [2.05, 4.69) is 38.6 Å². The van der Waals surface area contributed by atoms with Crippen LogP contribution >= 0.6 is 0 Å². The Morgan fingerprint density at radius 2 is 2.13 bits per heavy atom. The van der Waals surface area contributed by atoms with Gasteiger partial charge in [0.1, 0.15) is 19.0 Å². The summed E-state index contributed by atoms with van der Waals surface area (Å²) in [6, 6.07) is 8.25. The third-order valence-electron chi connectivity index (χ3n) is 4.27. The minimum Gasteiger partial charge on any atom is -0.486 e. The molecule has 0 aliphatic carbocycles. The first-order chi connectivity index (χ1) is 11.3. The number of aromatic nitrogens is 2. The van der Waals surface area contributed by atoms with E-state index < -0.39 is 0 Å². The van der Waals surface area contributed by atoms with E-state index in [4.69, 9.17) is 9.47 Å². The third-order valence-corrected chi connectivity index (χ3v) is 4.27. The predicted octanol–water partition coefficient (Wildman–Crippen LogP) is 1.79. The summed E-state index contributed by atoms with van der Waals surface area (Å²) in [5, 5.41) is 11.5. The Labute approximate surface area is 135 Å². The van der Waals surface area contributed by atoms with Crippen LogP contribution in [0.15, 0.2) is 24.3 Å². The minimum atomic E-state index is 0.541. The molecule has 6 heteroatoms. The van der Waals surface area contributed by atoms with E-state index in [1.165, 1.54) is 5.56 Å². The van der Waals surface area contributed by atoms with Crippen LogP contribution in [0.3, 0.4) is 0 Å². The first-order valence-electron chi connectivity index (χ1n) is 8.15. The van der Waals surface area contributed by atoms with E-state index in [0.717, 1.165) is 49.2 Å². The van der Waals surface area contributed by atoms with Gasteiger partial charge in [0.2, 0.25) is 0 Å². The molecular formula is C17H22N4O2. The van der Waals surface area contributed by atoms with Crippen molar-refractivity contribution in [3.05, 3.63) is 35.5 Å². The average Bonchev–Trinajstić information content (AvgIpc) is 2.94. The number of hydrogen-bond donors (Lipinski definition) is 2. The quantitative estimate of drug-likeness (QED) is 0.901. The highest BCUT2D eigenvalue weighted by Crippen LogP contribution is 2.30. The number of ether oxygens (including phenoxy) is 2. The zero-order valence-electron chi connectivity index (χ0n) is 13.3. The molecule has 1 aromatic heterocycles. The van der Waals surface area contributed by atoms with Crippen molar-refractivity contribution in [3.63, 3.8) is 0 Å². The van der Waals surface area contributed by atoms with Gasteiger partial charge in [0.15, 0.2) is 11.5 Å². The normalized spacial score (nSPS) is 19.1. The molecule has 2 N–H and O–H groups in total. The van der Waals surface area contributed by atoms with E-state index in [9.17, 15) is 0 Å². The zero-order chi connectivity index (χ0) is 15.6. The largest absolute Gasteiger partial charge is 0.486 e. The van der Waals surface area contributed by atoms with Gasteiger partial charge in [0.25, 0.3) is 0 Å². The van der Waals surface area contributed by atoms with E-state index in [0.29, 0.717) is 19.1 Å². The first kappa shape index (κ1) is 14.4. The lowest BCUT2D eigenvalue weighted by atomic mass is 10.1. The smallest absolute Gasteiger partial charge is 0.161 e. The van der Waals surface area contributed by atoms with Crippen LogP contribution in [0.25, 0.3) is 0 Å². The molecule has 1 unspecified atom stereocenters. The summed E-state index contributed by atoms with van der Waals surface area (Å²) >= 11 is 0. The number of nitrogens with zero attached hydrogens (tertiary/aromatic N) is 2. The Kier molecular flexibility index (Phi) is 3.83. The first-order valence-corrected chi connectivity index (χ1v) is 8.15. The molecule has 0 bridgehead atoms. The maximum Gasteiger partial charge on any atom is 0.161 e. The molecule has 122 valence electrons. The molecule has 0 fully saturated rings. The number of hydrogen-bond acceptors (Lipinski definition) is 5. The van der Waals surface area contributed by atoms with E-state index in [1.807, 2.05) is 13.0 Å². The number of aryl methyl sites for hydroxylation is 1. The Bertz CT molecular complexity index is 698. The summed E-state index contributed by atoms with van der Waals surface area (Å²) in [5.41, 5.74) is 2.28. The molecule has 2 aliphatic heterocycles. The number of rotatable bonds is 4. The van der Waals surface area contributed by atoms with Crippen molar-refractivity contribution >= 4 is 5.82 Å². The monoisotopic (exact) mass is 314 g/mol. The Morgan fingerprint density at radius 1 is 1.26 bits per heavy atom. The summed E-state index contributed by atoms with van der Waals surface area (Å²) in [6.45, 7) is 7.03. The molecule has 3 heterocycles. The van der Waals surface area contributed by atoms with Crippen LogP contribution in [0.2, 0.25) is 0 Å². The Hall–Kier alpha value is -2.21. The minimum absolute atomic E-state index is 0.541. The van der Waals surface area contributed by atoms with Gasteiger partial charge in [0.05, 0.1) is 5.69 Å². The number of nitrogens with one attached hydrogen (secondary N) is 2. The number of fused-ring (bicyclic) bond motifs is 2. The molecule has 0 saturated heterocycles. The fourth-order valence-electron chi connectivity index (χ4n) is 3.14. The van der Waals surface area contributed by atoms with Crippen molar-refractivity contribution in [1.82, 2.24) is 15.1 Å². The summed E-state index contributed by atoms with van der Waals surface area (Å²) in [4.78, 5) is 0.